The van der Waals surface area contributed by atoms with Gasteiger partial charge in [0, 0.05) is 18.5 Å². The number of carbonyl (C=O) groups excluding carboxylic acids is 1. The molecule has 1 aliphatic rings. The molecule has 0 saturated heterocycles. The molecule has 0 bridgehead atoms. The summed E-state index contributed by atoms with van der Waals surface area (Å²) in [6.45, 7) is 4.66. The number of nitrogens with one attached hydrogen (secondary N) is 1. The van der Waals surface area contributed by atoms with Crippen LogP contribution in [0.25, 0.3) is 11.7 Å². The van der Waals surface area contributed by atoms with Gasteiger partial charge in [-0.15, -0.1) is 0 Å². The number of pyridine rings is 1. The van der Waals surface area contributed by atoms with E-state index in [4.69, 9.17) is 4.98 Å². The maximum absolute atomic E-state index is 12.2. The Balaban J connectivity index is 1.86. The number of hydrogen-bond acceptors (Lipinski definition) is 2. The van der Waals surface area contributed by atoms with Crippen LogP contribution in [0.2, 0.25) is 0 Å². The van der Waals surface area contributed by atoms with E-state index >= 15 is 0 Å². The number of aryl methyl sites for hydroxylation is 1. The molecule has 1 aromatic carbocycles. The molecule has 0 spiro atoms. The highest BCUT2D eigenvalue weighted by Gasteiger charge is 2.28. The Labute approximate surface area is 147 Å². The normalized spacial score (nSPS) is 17.9. The van der Waals surface area contributed by atoms with E-state index < -0.39 is 0 Å². The van der Waals surface area contributed by atoms with Gasteiger partial charge in [-0.1, -0.05) is 42.0 Å². The summed E-state index contributed by atoms with van der Waals surface area (Å²) in [6, 6.07) is 14.4. The zero-order valence-corrected chi connectivity index (χ0v) is 14.5. The van der Waals surface area contributed by atoms with Crippen molar-refractivity contribution in [3.63, 3.8) is 0 Å². The zero-order valence-electron chi connectivity index (χ0n) is 14.5. The first-order valence-electron chi connectivity index (χ1n) is 8.59. The van der Waals surface area contributed by atoms with Crippen molar-refractivity contribution < 1.29 is 4.79 Å². The Morgan fingerprint density at radius 2 is 2.08 bits per heavy atom. The van der Waals surface area contributed by atoms with Gasteiger partial charge in [-0.25, -0.2) is 4.98 Å². The lowest BCUT2D eigenvalue weighted by atomic mass is 9.91. The molecule has 126 valence electrons. The first kappa shape index (κ1) is 15.6. The topological polar surface area (TPSA) is 46.4 Å². The molecule has 4 heteroatoms. The van der Waals surface area contributed by atoms with Crippen molar-refractivity contribution in [3.05, 3.63) is 76.7 Å². The third-order valence-corrected chi connectivity index (χ3v) is 4.81. The van der Waals surface area contributed by atoms with Crippen molar-refractivity contribution in [1.29, 1.82) is 0 Å². The molecule has 4 nitrogen and oxygen atoms in total. The number of carbonyl (C=O) groups is 1. The molecule has 25 heavy (non-hydrogen) atoms. The van der Waals surface area contributed by atoms with Crippen molar-refractivity contribution >= 4 is 17.6 Å². The summed E-state index contributed by atoms with van der Waals surface area (Å²) in [4.78, 5) is 17.0. The van der Waals surface area contributed by atoms with E-state index in [1.54, 1.807) is 0 Å². The second-order valence-electron chi connectivity index (χ2n) is 6.71. The highest BCUT2D eigenvalue weighted by atomic mass is 16.1. The number of fused-ring (bicyclic) bond motifs is 3. The number of allylic oxidation sites excluding steroid dienone is 1. The van der Waals surface area contributed by atoms with E-state index in [0.29, 0.717) is 13.0 Å². The van der Waals surface area contributed by atoms with Gasteiger partial charge >= 0.3 is 0 Å². The monoisotopic (exact) mass is 331 g/mol. The van der Waals surface area contributed by atoms with E-state index in [9.17, 15) is 4.79 Å². The molecule has 0 saturated carbocycles. The molecule has 0 unspecified atom stereocenters. The predicted octanol–water partition coefficient (Wildman–Crippen LogP) is 3.85. The Morgan fingerprint density at radius 3 is 2.88 bits per heavy atom. The minimum Gasteiger partial charge on any atom is -0.350 e. The van der Waals surface area contributed by atoms with Gasteiger partial charge in [0.2, 0.25) is 5.91 Å². The summed E-state index contributed by atoms with van der Waals surface area (Å²) in [5, 5.41) is 2.98. The van der Waals surface area contributed by atoms with Crippen LogP contribution in [0, 0.1) is 6.92 Å². The third-order valence-electron chi connectivity index (χ3n) is 4.81. The maximum Gasteiger partial charge on any atom is 0.221 e. The number of nitrogens with zero attached hydrogens (tertiary/aromatic N) is 2. The molecular formula is C21H21N3O. The number of imidazole rings is 1. The van der Waals surface area contributed by atoms with Gasteiger partial charge in [-0.2, -0.15) is 0 Å². The van der Waals surface area contributed by atoms with Crippen LogP contribution < -0.4 is 5.32 Å². The lowest BCUT2D eigenvalue weighted by Gasteiger charge is -2.16. The molecule has 3 aromatic rings. The Morgan fingerprint density at radius 1 is 1.28 bits per heavy atom. The lowest BCUT2D eigenvalue weighted by molar-refractivity contribution is -0.121. The average Bonchev–Trinajstić information content (AvgIpc) is 2.87. The Hall–Kier alpha value is -2.88. The number of aromatic nitrogens is 2. The fraction of sp³-hybridized carbons (Fsp3) is 0.238. The van der Waals surface area contributed by atoms with Crippen LogP contribution in [0.4, 0.5) is 0 Å². The van der Waals surface area contributed by atoms with Crippen LogP contribution in [-0.2, 0) is 11.3 Å². The number of amides is 1. The molecule has 0 fully saturated rings. The minimum atomic E-state index is 0.0235. The molecule has 0 aliphatic carbocycles. The highest BCUT2D eigenvalue weighted by molar-refractivity contribution is 5.79. The SMILES string of the molecule is C/C(=C\c1ccccc1)[C@H]1CC(=O)NCc2nc3cc(C)ccn3c21. The van der Waals surface area contributed by atoms with Crippen LogP contribution in [0.15, 0.2) is 54.2 Å². The average molecular weight is 331 g/mol. The van der Waals surface area contributed by atoms with Crippen molar-refractivity contribution in [2.75, 3.05) is 0 Å². The number of hydrogen-bond donors (Lipinski definition) is 1. The summed E-state index contributed by atoms with van der Waals surface area (Å²) in [5.41, 5.74) is 6.53. The summed E-state index contributed by atoms with van der Waals surface area (Å²) < 4.78 is 2.13. The number of rotatable bonds is 2. The van der Waals surface area contributed by atoms with Gasteiger partial charge in [-0.05, 0) is 37.1 Å². The van der Waals surface area contributed by atoms with E-state index in [2.05, 4.69) is 60.1 Å². The first-order valence-corrected chi connectivity index (χ1v) is 8.59. The number of benzene rings is 1. The van der Waals surface area contributed by atoms with Crippen molar-refractivity contribution in [2.24, 2.45) is 0 Å². The summed E-state index contributed by atoms with van der Waals surface area (Å²) in [5.74, 6) is 0.0973. The summed E-state index contributed by atoms with van der Waals surface area (Å²) in [7, 11) is 0. The quantitative estimate of drug-likeness (QED) is 0.775. The van der Waals surface area contributed by atoms with E-state index in [-0.39, 0.29) is 11.8 Å². The largest absolute Gasteiger partial charge is 0.350 e. The Bertz CT molecular complexity index is 969. The van der Waals surface area contributed by atoms with Gasteiger partial charge in [0.25, 0.3) is 0 Å². The van der Waals surface area contributed by atoms with Gasteiger partial charge < -0.3 is 9.72 Å². The van der Waals surface area contributed by atoms with Crippen molar-refractivity contribution in [2.45, 2.75) is 32.7 Å². The molecule has 4 rings (SSSR count). The molecule has 0 radical (unpaired) electrons. The third kappa shape index (κ3) is 2.95. The molecule has 2 aromatic heterocycles. The van der Waals surface area contributed by atoms with Crippen molar-refractivity contribution in [3.8, 4) is 0 Å². The summed E-state index contributed by atoms with van der Waals surface area (Å²) >= 11 is 0. The van der Waals surface area contributed by atoms with Crippen molar-refractivity contribution in [1.82, 2.24) is 14.7 Å². The van der Waals surface area contributed by atoms with Gasteiger partial charge in [0.1, 0.15) is 5.65 Å². The van der Waals surface area contributed by atoms with Crippen LogP contribution >= 0.6 is 0 Å². The standard InChI is InChI=1S/C21H21N3O/c1-14-8-9-24-19(10-14)23-18-13-22-20(25)12-17(21(18)24)15(2)11-16-6-4-3-5-7-16/h3-11,17H,12-13H2,1-2H3,(H,22,25)/b15-11+/t17-/m1/s1. The predicted molar refractivity (Wildman–Crippen MR) is 99.2 cm³/mol. The molecule has 1 atom stereocenters. The highest BCUT2D eigenvalue weighted by Crippen LogP contribution is 2.34. The fourth-order valence-corrected chi connectivity index (χ4v) is 3.54. The minimum absolute atomic E-state index is 0.0235. The van der Waals surface area contributed by atoms with Crippen LogP contribution in [-0.4, -0.2) is 15.3 Å². The van der Waals surface area contributed by atoms with Crippen LogP contribution in [0.3, 0.4) is 0 Å². The van der Waals surface area contributed by atoms with Gasteiger partial charge in [0.15, 0.2) is 0 Å². The molecule has 1 amide bonds. The Kier molecular flexibility index (Phi) is 3.88. The zero-order chi connectivity index (χ0) is 17.4. The van der Waals surface area contributed by atoms with Gasteiger partial charge in [0.05, 0.1) is 17.9 Å². The molecule has 3 heterocycles. The molecule has 1 aliphatic heterocycles. The second kappa shape index (κ2) is 6.20. The fourth-order valence-electron chi connectivity index (χ4n) is 3.54. The van der Waals surface area contributed by atoms with Crippen LogP contribution in [0.5, 0.6) is 0 Å². The molecule has 1 N–H and O–H groups in total. The first-order chi connectivity index (χ1) is 12.1. The van der Waals surface area contributed by atoms with Crippen LogP contribution in [0.1, 0.15) is 41.8 Å². The van der Waals surface area contributed by atoms with E-state index in [1.165, 1.54) is 11.1 Å². The summed E-state index contributed by atoms with van der Waals surface area (Å²) in [6.07, 6.45) is 4.68. The van der Waals surface area contributed by atoms with E-state index in [1.807, 2.05) is 18.2 Å². The smallest absolute Gasteiger partial charge is 0.221 e. The van der Waals surface area contributed by atoms with E-state index in [0.717, 1.165) is 22.6 Å². The maximum atomic E-state index is 12.2. The second-order valence-corrected chi connectivity index (χ2v) is 6.71. The molecular weight excluding hydrogens is 310 g/mol. The van der Waals surface area contributed by atoms with Gasteiger partial charge in [-0.3, -0.25) is 4.79 Å². The lowest BCUT2D eigenvalue weighted by Crippen LogP contribution is -2.21.